The number of nitrogens with zero attached hydrogens (tertiary/aromatic N) is 4. The van der Waals surface area contributed by atoms with E-state index in [2.05, 4.69) is 32.4 Å². The van der Waals surface area contributed by atoms with Gasteiger partial charge in [0.25, 0.3) is 5.91 Å². The molecule has 2 fully saturated rings. The molecule has 3 aliphatic heterocycles. The molecule has 2 saturated heterocycles. The predicted molar refractivity (Wildman–Crippen MR) is 162 cm³/mol. The normalized spacial score (nSPS) is 20.4. The minimum absolute atomic E-state index is 0.141. The number of carbonyl (C=O) groups excluding carboxylic acids is 2. The number of carbonyl (C=O) groups is 2. The van der Waals surface area contributed by atoms with E-state index in [0.717, 1.165) is 54.7 Å². The van der Waals surface area contributed by atoms with Crippen LogP contribution in [0.4, 0.5) is 20.2 Å². The average molecular weight is 643 g/mol. The van der Waals surface area contributed by atoms with E-state index >= 15 is 0 Å². The highest BCUT2D eigenvalue weighted by atomic mass is 32.2. The Morgan fingerprint density at radius 1 is 1.09 bits per heavy atom. The van der Waals surface area contributed by atoms with Gasteiger partial charge in [-0.2, -0.15) is 9.40 Å². The molecule has 2 aromatic carbocycles. The zero-order valence-electron chi connectivity index (χ0n) is 25.4. The zero-order valence-corrected chi connectivity index (χ0v) is 26.2. The summed E-state index contributed by atoms with van der Waals surface area (Å²) in [5.41, 5.74) is 1.77. The van der Waals surface area contributed by atoms with Crippen LogP contribution in [0.15, 0.2) is 41.3 Å². The van der Waals surface area contributed by atoms with Crippen molar-refractivity contribution in [2.75, 3.05) is 50.1 Å². The number of nitrogens with one attached hydrogen (secondary N) is 2. The van der Waals surface area contributed by atoms with E-state index in [1.807, 2.05) is 12.1 Å². The Hall–Kier alpha value is -3.72. The molecule has 45 heavy (non-hydrogen) atoms. The van der Waals surface area contributed by atoms with Crippen LogP contribution in [-0.4, -0.2) is 85.4 Å². The maximum absolute atomic E-state index is 13.9. The third kappa shape index (κ3) is 5.99. The molecule has 4 heterocycles. The Labute approximate surface area is 260 Å². The van der Waals surface area contributed by atoms with Crippen LogP contribution < -0.4 is 10.2 Å². The van der Waals surface area contributed by atoms with Gasteiger partial charge in [-0.3, -0.25) is 14.7 Å². The van der Waals surface area contributed by atoms with Crippen LogP contribution in [-0.2, 0) is 38.1 Å². The highest BCUT2D eigenvalue weighted by molar-refractivity contribution is 7.89. The Morgan fingerprint density at radius 2 is 1.80 bits per heavy atom. The molecule has 3 aromatic rings. The summed E-state index contributed by atoms with van der Waals surface area (Å²) in [6.45, 7) is 7.05. The number of ether oxygens (including phenoxy) is 1. The van der Waals surface area contributed by atoms with E-state index in [-0.39, 0.29) is 24.7 Å². The number of H-pyrrole nitrogens is 1. The van der Waals surface area contributed by atoms with E-state index in [0.29, 0.717) is 47.3 Å². The van der Waals surface area contributed by atoms with Crippen molar-refractivity contribution in [1.29, 1.82) is 0 Å². The summed E-state index contributed by atoms with van der Waals surface area (Å²) in [6, 6.07) is 7.56. The monoisotopic (exact) mass is 642 g/mol. The number of piperazine rings is 1. The number of amides is 1. The highest BCUT2D eigenvalue weighted by Gasteiger charge is 2.48. The molecule has 14 heteroatoms. The predicted octanol–water partition coefficient (Wildman–Crippen LogP) is 3.42. The summed E-state index contributed by atoms with van der Waals surface area (Å²) in [6.07, 6.45) is 0.661. The van der Waals surface area contributed by atoms with Gasteiger partial charge < -0.3 is 19.9 Å². The number of hydrogen-bond acceptors (Lipinski definition) is 8. The number of Topliss-reactive ketones (excluding diaryl/α,β-unsaturated/α-hetero) is 1. The SMILES string of the molecule is CN1CCN(c2ccc(C(=O)Cc3[nH]nc4c3CN(S(=O)(=O)c3cc(F)cc(F)c3)C4(C)C)c(NC(=O)[C@H]3CCCO3)c2)CC1. The molecule has 1 aromatic heterocycles. The number of hydrogen-bond donors (Lipinski definition) is 2. The standard InChI is InChI=1S/C31H36F2N6O5S/c1-31(2)29-24(18-39(31)45(42,43)22-14-19(32)13-20(33)15-22)26(35-36-29)17-27(40)23-7-6-21(38-10-8-37(3)9-11-38)16-25(23)34-30(41)28-5-4-12-44-28/h6-7,13-16,28H,4-5,8-12,17-18H2,1-3H3,(H,34,41)(H,35,36)/t28-/m1/s1. The van der Waals surface area contributed by atoms with Gasteiger partial charge in [0.2, 0.25) is 10.0 Å². The molecular weight excluding hydrogens is 606 g/mol. The first-order chi connectivity index (χ1) is 21.3. The summed E-state index contributed by atoms with van der Waals surface area (Å²) >= 11 is 0. The van der Waals surface area contributed by atoms with Crippen LogP contribution in [0.5, 0.6) is 0 Å². The van der Waals surface area contributed by atoms with Crippen LogP contribution in [0, 0.1) is 11.6 Å². The lowest BCUT2D eigenvalue weighted by Crippen LogP contribution is -2.44. The minimum atomic E-state index is -4.33. The van der Waals surface area contributed by atoms with E-state index in [1.165, 1.54) is 0 Å². The summed E-state index contributed by atoms with van der Waals surface area (Å²) in [4.78, 5) is 30.8. The number of likely N-dealkylation sites (N-methyl/N-ethyl adjacent to an activating group) is 1. The number of fused-ring (bicyclic) bond motifs is 1. The second-order valence-corrected chi connectivity index (χ2v) is 14.2. The van der Waals surface area contributed by atoms with Crippen molar-refractivity contribution in [2.24, 2.45) is 0 Å². The molecule has 2 N–H and O–H groups in total. The van der Waals surface area contributed by atoms with Gasteiger partial charge in [0, 0.05) is 67.9 Å². The van der Waals surface area contributed by atoms with Gasteiger partial charge in [0.1, 0.15) is 17.7 Å². The molecule has 0 unspecified atom stereocenters. The number of aromatic amines is 1. The molecule has 6 rings (SSSR count). The molecule has 11 nitrogen and oxygen atoms in total. The van der Waals surface area contributed by atoms with Crippen molar-refractivity contribution in [3.63, 3.8) is 0 Å². The number of benzene rings is 2. The van der Waals surface area contributed by atoms with E-state index in [1.54, 1.807) is 19.9 Å². The van der Waals surface area contributed by atoms with E-state index < -0.39 is 38.2 Å². The number of anilines is 2. The molecule has 0 aliphatic carbocycles. The van der Waals surface area contributed by atoms with Crippen molar-refractivity contribution in [3.05, 3.63) is 70.5 Å². The average Bonchev–Trinajstić information content (AvgIpc) is 3.72. The van der Waals surface area contributed by atoms with Gasteiger partial charge in [-0.1, -0.05) is 0 Å². The lowest BCUT2D eigenvalue weighted by Gasteiger charge is -2.34. The molecule has 1 atom stereocenters. The van der Waals surface area contributed by atoms with Gasteiger partial charge in [-0.25, -0.2) is 17.2 Å². The van der Waals surface area contributed by atoms with Crippen LogP contribution in [0.25, 0.3) is 0 Å². The highest BCUT2D eigenvalue weighted by Crippen LogP contribution is 2.43. The molecule has 0 radical (unpaired) electrons. The smallest absolute Gasteiger partial charge is 0.253 e. The van der Waals surface area contributed by atoms with Crippen molar-refractivity contribution in [2.45, 2.75) is 56.2 Å². The zero-order chi connectivity index (χ0) is 32.1. The van der Waals surface area contributed by atoms with Gasteiger partial charge in [-0.15, -0.1) is 0 Å². The number of rotatable bonds is 8. The largest absolute Gasteiger partial charge is 0.369 e. The first-order valence-electron chi connectivity index (χ1n) is 14.9. The Morgan fingerprint density at radius 3 is 2.47 bits per heavy atom. The fraction of sp³-hybridized carbons (Fsp3) is 0.452. The van der Waals surface area contributed by atoms with Crippen LogP contribution in [0.2, 0.25) is 0 Å². The number of ketones is 1. The molecule has 0 saturated carbocycles. The lowest BCUT2D eigenvalue weighted by molar-refractivity contribution is -0.124. The second kappa shape index (κ2) is 11.9. The fourth-order valence-electron chi connectivity index (χ4n) is 6.27. The molecule has 0 spiro atoms. The maximum Gasteiger partial charge on any atom is 0.253 e. The quantitative estimate of drug-likeness (QED) is 0.358. The van der Waals surface area contributed by atoms with Crippen LogP contribution >= 0.6 is 0 Å². The second-order valence-electron chi connectivity index (χ2n) is 12.3. The number of aromatic nitrogens is 2. The molecule has 240 valence electrons. The van der Waals surface area contributed by atoms with Crippen LogP contribution in [0.1, 0.15) is 54.0 Å². The topological polar surface area (TPSA) is 128 Å². The number of halogens is 2. The fourth-order valence-corrected chi connectivity index (χ4v) is 8.03. The van der Waals surface area contributed by atoms with E-state index in [4.69, 9.17) is 4.74 Å². The van der Waals surface area contributed by atoms with Gasteiger partial charge in [-0.05, 0) is 64.1 Å². The molecule has 3 aliphatic rings. The van der Waals surface area contributed by atoms with Crippen molar-refractivity contribution < 1.29 is 31.5 Å². The van der Waals surface area contributed by atoms with Crippen molar-refractivity contribution in [3.8, 4) is 0 Å². The van der Waals surface area contributed by atoms with Crippen LogP contribution in [0.3, 0.4) is 0 Å². The summed E-state index contributed by atoms with van der Waals surface area (Å²) in [5.74, 6) is -2.62. The first-order valence-corrected chi connectivity index (χ1v) is 16.4. The Balaban J connectivity index is 1.27. The number of sulfonamides is 1. The van der Waals surface area contributed by atoms with Crippen molar-refractivity contribution in [1.82, 2.24) is 19.4 Å². The van der Waals surface area contributed by atoms with Gasteiger partial charge in [0.15, 0.2) is 5.78 Å². The third-order valence-electron chi connectivity index (χ3n) is 8.87. The Bertz CT molecular complexity index is 1730. The first kappa shape index (κ1) is 31.3. The minimum Gasteiger partial charge on any atom is -0.369 e. The van der Waals surface area contributed by atoms with Gasteiger partial charge in [0.05, 0.1) is 28.2 Å². The van der Waals surface area contributed by atoms with E-state index in [9.17, 15) is 26.8 Å². The Kier molecular flexibility index (Phi) is 8.27. The molecule has 1 amide bonds. The molecule has 0 bridgehead atoms. The third-order valence-corrected chi connectivity index (χ3v) is 10.9. The van der Waals surface area contributed by atoms with Crippen molar-refractivity contribution >= 4 is 33.1 Å². The summed E-state index contributed by atoms with van der Waals surface area (Å²) < 4.78 is 61.7. The lowest BCUT2D eigenvalue weighted by atomic mass is 9.98. The molecular formula is C31H36F2N6O5S. The summed E-state index contributed by atoms with van der Waals surface area (Å²) in [5, 5.41) is 10.2. The summed E-state index contributed by atoms with van der Waals surface area (Å²) in [7, 11) is -2.26. The maximum atomic E-state index is 13.9. The van der Waals surface area contributed by atoms with Gasteiger partial charge >= 0.3 is 0 Å².